The average Bonchev–Trinajstić information content (AvgIpc) is 3.14. The van der Waals surface area contributed by atoms with Crippen LogP contribution in [0, 0.1) is 3.57 Å². The Morgan fingerprint density at radius 3 is 2.69 bits per heavy atom. The fourth-order valence-corrected chi connectivity index (χ4v) is 7.10. The lowest BCUT2D eigenvalue weighted by Crippen LogP contribution is -2.26. The lowest BCUT2D eigenvalue weighted by atomic mass is 10.2. The Balaban J connectivity index is 1.67. The number of halogens is 3. The summed E-state index contributed by atoms with van der Waals surface area (Å²) in [5.74, 6) is 3.29. The molecule has 2 aromatic carbocycles. The number of nitrogens with one attached hydrogen (secondary N) is 1. The van der Waals surface area contributed by atoms with E-state index in [1.54, 1.807) is 18.3 Å². The molecule has 2 aromatic rings. The smallest absolute Gasteiger partial charge is 0.242 e. The van der Waals surface area contributed by atoms with Crippen LogP contribution in [0.4, 0.5) is 0 Å². The molecule has 0 radical (unpaired) electrons. The molecule has 32 heavy (non-hydrogen) atoms. The third-order valence-electron chi connectivity index (χ3n) is 4.50. The van der Waals surface area contributed by atoms with Gasteiger partial charge in [0.2, 0.25) is 5.91 Å². The number of rotatable bonds is 9. The van der Waals surface area contributed by atoms with Gasteiger partial charge in [0.1, 0.15) is 6.61 Å². The number of nitrogens with zero attached hydrogens (tertiary/aromatic N) is 1. The van der Waals surface area contributed by atoms with Gasteiger partial charge < -0.3 is 9.47 Å². The van der Waals surface area contributed by atoms with Crippen LogP contribution in [0.25, 0.3) is 0 Å². The van der Waals surface area contributed by atoms with Crippen molar-refractivity contribution in [2.24, 2.45) is 5.10 Å². The maximum absolute atomic E-state index is 12.2. The van der Waals surface area contributed by atoms with Crippen molar-refractivity contribution in [2.45, 2.75) is 31.0 Å². The Morgan fingerprint density at radius 1 is 1.25 bits per heavy atom. The highest BCUT2D eigenvalue weighted by Gasteiger charge is 2.32. The Morgan fingerprint density at radius 2 is 2.00 bits per heavy atom. The quantitative estimate of drug-likeness (QED) is 0.193. The van der Waals surface area contributed by atoms with Gasteiger partial charge in [0.15, 0.2) is 11.5 Å². The largest absolute Gasteiger partial charge is 0.490 e. The number of thioether (sulfide) groups is 2. The predicted octanol–water partition coefficient (Wildman–Crippen LogP) is 6.61. The van der Waals surface area contributed by atoms with Crippen molar-refractivity contribution in [1.82, 2.24) is 5.43 Å². The molecule has 1 fully saturated rings. The van der Waals surface area contributed by atoms with Gasteiger partial charge in [-0.15, -0.1) is 23.5 Å². The van der Waals surface area contributed by atoms with Crippen LogP contribution in [0.15, 0.2) is 35.4 Å². The second-order valence-corrected chi connectivity index (χ2v) is 12.5. The van der Waals surface area contributed by atoms with Gasteiger partial charge in [0, 0.05) is 27.1 Å². The normalized spacial score (nSPS) is 15.2. The summed E-state index contributed by atoms with van der Waals surface area (Å²) in [5.41, 5.74) is 4.26. The van der Waals surface area contributed by atoms with E-state index in [0.717, 1.165) is 26.2 Å². The van der Waals surface area contributed by atoms with Crippen LogP contribution < -0.4 is 14.9 Å². The van der Waals surface area contributed by atoms with Crippen molar-refractivity contribution >= 4 is 81.4 Å². The Kier molecular flexibility index (Phi) is 9.72. The number of hydrogen-bond donors (Lipinski definition) is 1. The first-order valence-electron chi connectivity index (χ1n) is 9.92. The SMILES string of the molecule is CCOc1cc(/C=N\NC(=O)CC2(C)SCCS2)cc(I)c1OCc1ccc(Cl)cc1Cl. The maximum Gasteiger partial charge on any atom is 0.242 e. The maximum atomic E-state index is 12.2. The van der Waals surface area contributed by atoms with Crippen LogP contribution in [-0.4, -0.2) is 34.3 Å². The van der Waals surface area contributed by atoms with Gasteiger partial charge >= 0.3 is 0 Å². The molecule has 1 heterocycles. The minimum atomic E-state index is -0.0924. The van der Waals surface area contributed by atoms with Crippen LogP contribution in [0.3, 0.4) is 0 Å². The van der Waals surface area contributed by atoms with Crippen molar-refractivity contribution in [3.05, 3.63) is 55.1 Å². The molecule has 1 aliphatic rings. The highest BCUT2D eigenvalue weighted by atomic mass is 127. The summed E-state index contributed by atoms with van der Waals surface area (Å²) in [4.78, 5) is 12.2. The lowest BCUT2D eigenvalue weighted by Gasteiger charge is -2.19. The summed E-state index contributed by atoms with van der Waals surface area (Å²) in [6.07, 6.45) is 2.04. The van der Waals surface area contributed by atoms with Crippen LogP contribution in [0.1, 0.15) is 31.4 Å². The first-order valence-corrected chi connectivity index (χ1v) is 13.7. The minimum Gasteiger partial charge on any atom is -0.490 e. The number of carbonyl (C=O) groups excluding carboxylic acids is 1. The van der Waals surface area contributed by atoms with E-state index >= 15 is 0 Å². The molecule has 0 spiro atoms. The molecule has 0 saturated carbocycles. The van der Waals surface area contributed by atoms with Crippen molar-refractivity contribution in [3.8, 4) is 11.5 Å². The molecule has 0 unspecified atom stereocenters. The lowest BCUT2D eigenvalue weighted by molar-refractivity contribution is -0.121. The fraction of sp³-hybridized carbons (Fsp3) is 0.364. The van der Waals surface area contributed by atoms with Gasteiger partial charge in [-0.2, -0.15) is 5.10 Å². The van der Waals surface area contributed by atoms with Crippen LogP contribution in [0.5, 0.6) is 11.5 Å². The van der Waals surface area contributed by atoms with Crippen LogP contribution >= 0.6 is 69.3 Å². The fourth-order valence-electron chi connectivity index (χ4n) is 3.02. The predicted molar refractivity (Wildman–Crippen MR) is 145 cm³/mol. The topological polar surface area (TPSA) is 59.9 Å². The molecule has 5 nitrogen and oxygen atoms in total. The summed E-state index contributed by atoms with van der Waals surface area (Å²) in [6.45, 7) is 4.78. The Labute approximate surface area is 220 Å². The molecule has 0 aliphatic carbocycles. The van der Waals surface area contributed by atoms with Gasteiger partial charge in [0.25, 0.3) is 0 Å². The summed E-state index contributed by atoms with van der Waals surface area (Å²) in [6, 6.07) is 9.06. The summed E-state index contributed by atoms with van der Waals surface area (Å²) in [5, 5.41) is 5.25. The van der Waals surface area contributed by atoms with E-state index in [2.05, 4.69) is 40.0 Å². The number of ether oxygens (including phenoxy) is 2. The molecule has 0 atom stereocenters. The van der Waals surface area contributed by atoms with Crippen molar-refractivity contribution < 1.29 is 14.3 Å². The van der Waals surface area contributed by atoms with Gasteiger partial charge in [-0.1, -0.05) is 29.3 Å². The monoisotopic (exact) mass is 624 g/mol. The Bertz CT molecular complexity index is 1000. The number of hydrogen-bond acceptors (Lipinski definition) is 6. The molecule has 172 valence electrons. The van der Waals surface area contributed by atoms with Gasteiger partial charge in [0.05, 0.1) is 26.9 Å². The molecule has 0 aromatic heterocycles. The highest BCUT2D eigenvalue weighted by Crippen LogP contribution is 2.45. The van der Waals surface area contributed by atoms with E-state index < -0.39 is 0 Å². The van der Waals surface area contributed by atoms with E-state index in [0.29, 0.717) is 34.6 Å². The number of amides is 1. The zero-order valence-electron chi connectivity index (χ0n) is 17.6. The third kappa shape index (κ3) is 7.35. The molecule has 10 heteroatoms. The second-order valence-electron chi connectivity index (χ2n) is 7.09. The van der Waals surface area contributed by atoms with E-state index in [9.17, 15) is 4.79 Å². The van der Waals surface area contributed by atoms with Crippen molar-refractivity contribution in [2.75, 3.05) is 18.1 Å². The van der Waals surface area contributed by atoms with Crippen molar-refractivity contribution in [3.63, 3.8) is 0 Å². The number of benzene rings is 2. The number of hydrazone groups is 1. The highest BCUT2D eigenvalue weighted by molar-refractivity contribution is 14.1. The molecule has 1 N–H and O–H groups in total. The molecule has 3 rings (SSSR count). The third-order valence-corrected chi connectivity index (χ3v) is 9.18. The molecule has 0 bridgehead atoms. The second kappa shape index (κ2) is 12.1. The zero-order chi connectivity index (χ0) is 23.1. The first kappa shape index (κ1) is 25.8. The molecule has 1 aliphatic heterocycles. The Hall–Kier alpha value is -0.810. The molecular weight excluding hydrogens is 602 g/mol. The van der Waals surface area contributed by atoms with E-state index in [4.69, 9.17) is 32.7 Å². The molecule has 1 saturated heterocycles. The standard InChI is InChI=1S/C22H23Cl2IN2O3S2/c1-3-29-19-9-14(12-26-27-20(28)11-22(2)31-6-7-32-22)8-18(25)21(19)30-13-15-4-5-16(23)10-17(15)24/h4-5,8-10,12H,3,6-7,11,13H2,1-2H3,(H,27,28)/b26-12-. The van der Waals surface area contributed by atoms with Gasteiger partial charge in [-0.25, -0.2) is 5.43 Å². The minimum absolute atomic E-state index is 0.0664. The van der Waals surface area contributed by atoms with Gasteiger partial charge in [-0.05, 0) is 66.3 Å². The molecular formula is C22H23Cl2IN2O3S2. The number of carbonyl (C=O) groups is 1. The van der Waals surface area contributed by atoms with Crippen molar-refractivity contribution in [1.29, 1.82) is 0 Å². The van der Waals surface area contributed by atoms with E-state index in [1.165, 1.54) is 0 Å². The van der Waals surface area contributed by atoms with E-state index in [-0.39, 0.29) is 16.6 Å². The zero-order valence-corrected chi connectivity index (χ0v) is 22.9. The summed E-state index contributed by atoms with van der Waals surface area (Å²) < 4.78 is 12.6. The summed E-state index contributed by atoms with van der Waals surface area (Å²) in [7, 11) is 0. The van der Waals surface area contributed by atoms with Crippen LogP contribution in [-0.2, 0) is 11.4 Å². The molecule has 1 amide bonds. The van der Waals surface area contributed by atoms with E-state index in [1.807, 2.05) is 48.6 Å². The first-order chi connectivity index (χ1) is 15.3. The summed E-state index contributed by atoms with van der Waals surface area (Å²) >= 11 is 18.1. The van der Waals surface area contributed by atoms with Gasteiger partial charge in [-0.3, -0.25) is 4.79 Å². The average molecular weight is 625 g/mol. The van der Waals surface area contributed by atoms with Crippen LogP contribution in [0.2, 0.25) is 10.0 Å².